The van der Waals surface area contributed by atoms with Crippen molar-refractivity contribution in [2.45, 2.75) is 20.0 Å². The summed E-state index contributed by atoms with van der Waals surface area (Å²) in [5.74, 6) is 4.97. The molecule has 0 unspecified atom stereocenters. The predicted octanol–water partition coefficient (Wildman–Crippen LogP) is 3.31. The molecule has 0 spiro atoms. The van der Waals surface area contributed by atoms with Gasteiger partial charge in [0.15, 0.2) is 0 Å². The number of aliphatic hydroxyl groups excluding tert-OH is 1. The molecule has 21 heavy (non-hydrogen) atoms. The molecule has 0 heterocycles. The lowest BCUT2D eigenvalue weighted by atomic mass is 10.1. The van der Waals surface area contributed by atoms with E-state index in [2.05, 4.69) is 30.9 Å². The molecule has 3 heteroatoms. The summed E-state index contributed by atoms with van der Waals surface area (Å²) in [6.07, 6.45) is 1.00. The maximum absolute atomic E-state index is 13.7. The summed E-state index contributed by atoms with van der Waals surface area (Å²) in [4.78, 5) is 0. The van der Waals surface area contributed by atoms with E-state index in [1.54, 1.807) is 12.1 Å². The van der Waals surface area contributed by atoms with E-state index in [-0.39, 0.29) is 12.2 Å². The average molecular weight is 284 g/mol. The van der Waals surface area contributed by atoms with Crippen LogP contribution in [0.4, 0.5) is 4.39 Å². The zero-order valence-corrected chi connectivity index (χ0v) is 11.9. The van der Waals surface area contributed by atoms with Crippen LogP contribution >= 0.6 is 0 Å². The van der Waals surface area contributed by atoms with Gasteiger partial charge in [-0.1, -0.05) is 43.0 Å². The summed E-state index contributed by atoms with van der Waals surface area (Å²) < 4.78 is 19.3. The fourth-order valence-electron chi connectivity index (χ4n) is 1.86. The fourth-order valence-corrected chi connectivity index (χ4v) is 1.86. The maximum Gasteiger partial charge on any atom is 0.142 e. The van der Waals surface area contributed by atoms with Crippen LogP contribution in [0.25, 0.3) is 0 Å². The summed E-state index contributed by atoms with van der Waals surface area (Å²) >= 11 is 0. The Labute approximate surface area is 124 Å². The van der Waals surface area contributed by atoms with E-state index in [1.807, 2.05) is 12.1 Å². The SMILES string of the molecule is CCc1ccc(COc2ccc(C#CCO)c(F)c2)cc1. The van der Waals surface area contributed by atoms with Gasteiger partial charge in [0.1, 0.15) is 24.8 Å². The van der Waals surface area contributed by atoms with Crippen molar-refractivity contribution in [1.82, 2.24) is 0 Å². The van der Waals surface area contributed by atoms with Gasteiger partial charge in [-0.15, -0.1) is 0 Å². The number of hydrogen-bond acceptors (Lipinski definition) is 2. The van der Waals surface area contributed by atoms with E-state index < -0.39 is 5.82 Å². The number of hydrogen-bond donors (Lipinski definition) is 1. The molecule has 0 amide bonds. The maximum atomic E-state index is 13.7. The van der Waals surface area contributed by atoms with Crippen LogP contribution in [0.2, 0.25) is 0 Å². The van der Waals surface area contributed by atoms with Crippen molar-refractivity contribution in [1.29, 1.82) is 0 Å². The Morgan fingerprint density at radius 3 is 2.43 bits per heavy atom. The van der Waals surface area contributed by atoms with Crippen LogP contribution in [0.15, 0.2) is 42.5 Å². The third kappa shape index (κ3) is 4.34. The molecule has 0 saturated carbocycles. The minimum Gasteiger partial charge on any atom is -0.489 e. The first-order chi connectivity index (χ1) is 10.2. The van der Waals surface area contributed by atoms with E-state index in [1.165, 1.54) is 11.6 Å². The minimum atomic E-state index is -0.449. The number of aliphatic hydroxyl groups is 1. The Balaban J connectivity index is 2.01. The highest BCUT2D eigenvalue weighted by molar-refractivity contribution is 5.39. The van der Waals surface area contributed by atoms with E-state index in [0.717, 1.165) is 12.0 Å². The van der Waals surface area contributed by atoms with Crippen molar-refractivity contribution < 1.29 is 14.2 Å². The van der Waals surface area contributed by atoms with Crippen molar-refractivity contribution in [3.8, 4) is 17.6 Å². The molecule has 0 fully saturated rings. The molecule has 2 aromatic carbocycles. The van der Waals surface area contributed by atoms with Crippen LogP contribution in [0.1, 0.15) is 23.6 Å². The molecule has 0 atom stereocenters. The molecule has 2 rings (SSSR count). The Bertz CT molecular complexity index is 651. The van der Waals surface area contributed by atoms with E-state index in [0.29, 0.717) is 12.4 Å². The Morgan fingerprint density at radius 1 is 1.10 bits per heavy atom. The first-order valence-corrected chi connectivity index (χ1v) is 6.83. The number of benzene rings is 2. The largest absolute Gasteiger partial charge is 0.489 e. The summed E-state index contributed by atoms with van der Waals surface area (Å²) in [7, 11) is 0. The zero-order valence-electron chi connectivity index (χ0n) is 11.9. The first-order valence-electron chi connectivity index (χ1n) is 6.83. The molecule has 0 aliphatic heterocycles. The third-order valence-corrected chi connectivity index (χ3v) is 3.08. The van der Waals surface area contributed by atoms with Gasteiger partial charge in [0, 0.05) is 6.07 Å². The predicted molar refractivity (Wildman–Crippen MR) is 80.5 cm³/mol. The lowest BCUT2D eigenvalue weighted by Gasteiger charge is -2.07. The van der Waals surface area contributed by atoms with E-state index in [9.17, 15) is 4.39 Å². The van der Waals surface area contributed by atoms with Crippen LogP contribution in [-0.2, 0) is 13.0 Å². The van der Waals surface area contributed by atoms with E-state index in [4.69, 9.17) is 9.84 Å². The fraction of sp³-hybridized carbons (Fsp3) is 0.222. The van der Waals surface area contributed by atoms with Crippen molar-refractivity contribution >= 4 is 0 Å². The van der Waals surface area contributed by atoms with Gasteiger partial charge in [0.2, 0.25) is 0 Å². The van der Waals surface area contributed by atoms with Crippen LogP contribution in [-0.4, -0.2) is 11.7 Å². The summed E-state index contributed by atoms with van der Waals surface area (Å²) in [6, 6.07) is 12.7. The first kappa shape index (κ1) is 15.1. The van der Waals surface area contributed by atoms with Crippen LogP contribution in [0.5, 0.6) is 5.75 Å². The molecular weight excluding hydrogens is 267 g/mol. The standard InChI is InChI=1S/C18H17FO2/c1-2-14-5-7-15(8-6-14)13-21-17-10-9-16(4-3-11-20)18(19)12-17/h5-10,12,20H,2,11,13H2,1H3. The van der Waals surface area contributed by atoms with Gasteiger partial charge in [-0.05, 0) is 29.7 Å². The molecule has 0 aliphatic rings. The highest BCUT2D eigenvalue weighted by Gasteiger charge is 2.03. The van der Waals surface area contributed by atoms with Gasteiger partial charge in [-0.2, -0.15) is 0 Å². The molecule has 2 aromatic rings. The Hall–Kier alpha value is -2.31. The summed E-state index contributed by atoms with van der Waals surface area (Å²) in [6.45, 7) is 2.21. The van der Waals surface area contributed by atoms with Gasteiger partial charge < -0.3 is 9.84 Å². The second-order valence-electron chi connectivity index (χ2n) is 4.56. The quantitative estimate of drug-likeness (QED) is 0.873. The molecule has 0 radical (unpaired) electrons. The van der Waals surface area contributed by atoms with Gasteiger partial charge in [0.05, 0.1) is 5.56 Å². The van der Waals surface area contributed by atoms with Gasteiger partial charge in [0.25, 0.3) is 0 Å². The number of rotatable bonds is 4. The monoisotopic (exact) mass is 284 g/mol. The molecule has 0 aromatic heterocycles. The molecule has 108 valence electrons. The molecule has 0 bridgehead atoms. The minimum absolute atomic E-state index is 0.253. The lowest BCUT2D eigenvalue weighted by Crippen LogP contribution is -1.97. The van der Waals surface area contributed by atoms with Crippen LogP contribution in [0.3, 0.4) is 0 Å². The highest BCUT2D eigenvalue weighted by atomic mass is 19.1. The summed E-state index contributed by atoms with van der Waals surface area (Å²) in [5.41, 5.74) is 2.57. The number of halogens is 1. The van der Waals surface area contributed by atoms with Gasteiger partial charge in [-0.25, -0.2) is 4.39 Å². The Morgan fingerprint density at radius 2 is 1.81 bits per heavy atom. The van der Waals surface area contributed by atoms with Gasteiger partial charge >= 0.3 is 0 Å². The lowest BCUT2D eigenvalue weighted by molar-refractivity contribution is 0.304. The van der Waals surface area contributed by atoms with Crippen molar-refractivity contribution in [2.24, 2.45) is 0 Å². The van der Waals surface area contributed by atoms with Gasteiger partial charge in [-0.3, -0.25) is 0 Å². The topological polar surface area (TPSA) is 29.5 Å². The van der Waals surface area contributed by atoms with Crippen LogP contribution < -0.4 is 4.74 Å². The summed E-state index contributed by atoms with van der Waals surface area (Å²) in [5, 5.41) is 8.60. The van der Waals surface area contributed by atoms with Crippen LogP contribution in [0, 0.1) is 17.7 Å². The zero-order chi connectivity index (χ0) is 15.1. The van der Waals surface area contributed by atoms with E-state index >= 15 is 0 Å². The smallest absolute Gasteiger partial charge is 0.142 e. The van der Waals surface area contributed by atoms with Crippen molar-refractivity contribution in [3.05, 3.63) is 65.0 Å². The number of ether oxygens (including phenoxy) is 1. The molecule has 0 saturated heterocycles. The van der Waals surface area contributed by atoms with Crippen molar-refractivity contribution in [3.63, 3.8) is 0 Å². The van der Waals surface area contributed by atoms with Crippen molar-refractivity contribution in [2.75, 3.05) is 6.61 Å². The second kappa shape index (κ2) is 7.47. The second-order valence-corrected chi connectivity index (χ2v) is 4.56. The molecule has 0 aliphatic carbocycles. The molecule has 2 nitrogen and oxygen atoms in total. The third-order valence-electron chi connectivity index (χ3n) is 3.08. The highest BCUT2D eigenvalue weighted by Crippen LogP contribution is 2.17. The Kier molecular flexibility index (Phi) is 5.36. The molecule has 1 N–H and O–H groups in total. The molecular formula is C18H17FO2. The average Bonchev–Trinajstić information content (AvgIpc) is 2.52. The normalized spacial score (nSPS) is 9.86. The number of aryl methyl sites for hydroxylation is 1.